The Kier molecular flexibility index (Phi) is 4.28. The van der Waals surface area contributed by atoms with Crippen LogP contribution in [0.3, 0.4) is 0 Å². The number of H-pyrrole nitrogens is 1. The molecular formula is C15H23N3O2. The Morgan fingerprint density at radius 3 is 2.55 bits per heavy atom. The first-order chi connectivity index (χ1) is 9.36. The number of carbonyl (C=O) groups excluding carboxylic acids is 1. The van der Waals surface area contributed by atoms with Crippen LogP contribution < -0.4 is 10.9 Å². The lowest BCUT2D eigenvalue weighted by Crippen LogP contribution is -2.50. The van der Waals surface area contributed by atoms with Crippen LogP contribution >= 0.6 is 0 Å². The zero-order valence-corrected chi connectivity index (χ0v) is 12.4. The van der Waals surface area contributed by atoms with Gasteiger partial charge in [-0.25, -0.2) is 0 Å². The van der Waals surface area contributed by atoms with E-state index in [1.54, 1.807) is 6.07 Å². The number of likely N-dealkylation sites (tertiary alicyclic amines) is 1. The number of hydrogen-bond acceptors (Lipinski definition) is 3. The summed E-state index contributed by atoms with van der Waals surface area (Å²) in [6, 6.07) is 3.15. The fraction of sp³-hybridized carbons (Fsp3) is 0.600. The molecule has 2 rings (SSSR count). The van der Waals surface area contributed by atoms with E-state index >= 15 is 0 Å². The molecule has 20 heavy (non-hydrogen) atoms. The second-order valence-electron chi connectivity index (χ2n) is 6.35. The SMILES string of the molecule is CC(C)(C)N1CCC(NC(=O)c2cc[nH]c(=O)c2)CC1. The number of piperidine rings is 1. The first kappa shape index (κ1) is 14.8. The third kappa shape index (κ3) is 3.70. The van der Waals surface area contributed by atoms with Gasteiger partial charge in [-0.05, 0) is 39.7 Å². The van der Waals surface area contributed by atoms with E-state index in [-0.39, 0.29) is 23.0 Å². The molecule has 0 aliphatic carbocycles. The molecule has 1 amide bonds. The summed E-state index contributed by atoms with van der Waals surface area (Å²) in [4.78, 5) is 28.2. The van der Waals surface area contributed by atoms with Crippen LogP contribution in [0.15, 0.2) is 23.1 Å². The molecule has 1 aromatic heterocycles. The maximum atomic E-state index is 12.1. The summed E-state index contributed by atoms with van der Waals surface area (Å²) in [6.07, 6.45) is 3.40. The third-order valence-corrected chi connectivity index (χ3v) is 3.82. The van der Waals surface area contributed by atoms with E-state index in [0.717, 1.165) is 25.9 Å². The van der Waals surface area contributed by atoms with E-state index in [1.807, 2.05) is 0 Å². The summed E-state index contributed by atoms with van der Waals surface area (Å²) in [5.74, 6) is -0.162. The predicted octanol–water partition coefficient (Wildman–Crippen LogP) is 1.37. The monoisotopic (exact) mass is 277 g/mol. The highest BCUT2D eigenvalue weighted by molar-refractivity contribution is 5.94. The average molecular weight is 277 g/mol. The maximum Gasteiger partial charge on any atom is 0.251 e. The summed E-state index contributed by atoms with van der Waals surface area (Å²) in [7, 11) is 0. The fourth-order valence-electron chi connectivity index (χ4n) is 2.55. The van der Waals surface area contributed by atoms with Gasteiger partial charge in [-0.15, -0.1) is 0 Å². The van der Waals surface area contributed by atoms with E-state index in [4.69, 9.17) is 0 Å². The highest BCUT2D eigenvalue weighted by atomic mass is 16.2. The molecule has 1 aliphatic heterocycles. The van der Waals surface area contributed by atoms with Gasteiger partial charge in [0.1, 0.15) is 0 Å². The molecule has 0 atom stereocenters. The molecule has 0 spiro atoms. The molecule has 0 bridgehead atoms. The first-order valence-corrected chi connectivity index (χ1v) is 7.11. The van der Waals surface area contributed by atoms with Crippen LogP contribution in [-0.4, -0.2) is 40.5 Å². The quantitative estimate of drug-likeness (QED) is 0.858. The van der Waals surface area contributed by atoms with Crippen LogP contribution in [0.1, 0.15) is 44.0 Å². The van der Waals surface area contributed by atoms with Gasteiger partial charge in [0.05, 0.1) is 0 Å². The standard InChI is InChI=1S/C15H23N3O2/c1-15(2,3)18-8-5-12(6-9-18)17-14(20)11-4-7-16-13(19)10-11/h4,7,10,12H,5-6,8-9H2,1-3H3,(H,16,19)(H,17,20). The topological polar surface area (TPSA) is 65.2 Å². The molecular weight excluding hydrogens is 254 g/mol. The molecule has 0 radical (unpaired) electrons. The van der Waals surface area contributed by atoms with Gasteiger partial charge in [0.25, 0.3) is 5.91 Å². The lowest BCUT2D eigenvalue weighted by molar-refractivity contribution is 0.0812. The van der Waals surface area contributed by atoms with Crippen LogP contribution in [0.2, 0.25) is 0 Å². The van der Waals surface area contributed by atoms with Crippen molar-refractivity contribution >= 4 is 5.91 Å². The summed E-state index contributed by atoms with van der Waals surface area (Å²) >= 11 is 0. The van der Waals surface area contributed by atoms with Gasteiger partial charge in [-0.3, -0.25) is 14.5 Å². The van der Waals surface area contributed by atoms with Crippen molar-refractivity contribution in [2.45, 2.75) is 45.2 Å². The Hall–Kier alpha value is -1.62. The minimum atomic E-state index is -0.250. The van der Waals surface area contributed by atoms with Crippen molar-refractivity contribution in [2.24, 2.45) is 0 Å². The Bertz CT molecular complexity index is 522. The van der Waals surface area contributed by atoms with Crippen molar-refractivity contribution in [3.8, 4) is 0 Å². The summed E-state index contributed by atoms with van der Waals surface area (Å²) in [5, 5.41) is 3.02. The van der Waals surface area contributed by atoms with E-state index < -0.39 is 0 Å². The molecule has 1 aromatic rings. The summed E-state index contributed by atoms with van der Waals surface area (Å²) in [6.45, 7) is 8.61. The number of pyridine rings is 1. The first-order valence-electron chi connectivity index (χ1n) is 7.11. The number of rotatable bonds is 2. The van der Waals surface area contributed by atoms with Crippen LogP contribution in [0.25, 0.3) is 0 Å². The van der Waals surface area contributed by atoms with Crippen LogP contribution in [-0.2, 0) is 0 Å². The summed E-state index contributed by atoms with van der Waals surface area (Å²) < 4.78 is 0. The van der Waals surface area contributed by atoms with E-state index in [1.165, 1.54) is 12.3 Å². The second-order valence-corrected chi connectivity index (χ2v) is 6.35. The molecule has 1 saturated heterocycles. The Balaban J connectivity index is 1.90. The zero-order chi connectivity index (χ0) is 14.8. The smallest absolute Gasteiger partial charge is 0.251 e. The highest BCUT2D eigenvalue weighted by Gasteiger charge is 2.27. The number of aromatic nitrogens is 1. The zero-order valence-electron chi connectivity index (χ0n) is 12.4. The molecule has 5 heteroatoms. The average Bonchev–Trinajstić information content (AvgIpc) is 2.38. The number of amides is 1. The normalized spacial score (nSPS) is 17.9. The molecule has 0 unspecified atom stereocenters. The van der Waals surface area contributed by atoms with Crippen molar-refractivity contribution in [2.75, 3.05) is 13.1 Å². The fourth-order valence-corrected chi connectivity index (χ4v) is 2.55. The van der Waals surface area contributed by atoms with Gasteiger partial charge < -0.3 is 10.3 Å². The predicted molar refractivity (Wildman–Crippen MR) is 78.9 cm³/mol. The highest BCUT2D eigenvalue weighted by Crippen LogP contribution is 2.20. The number of hydrogen-bond donors (Lipinski definition) is 2. The third-order valence-electron chi connectivity index (χ3n) is 3.82. The van der Waals surface area contributed by atoms with Crippen molar-refractivity contribution < 1.29 is 4.79 Å². The van der Waals surface area contributed by atoms with Crippen LogP contribution in [0, 0.1) is 0 Å². The van der Waals surface area contributed by atoms with Crippen molar-refractivity contribution in [1.29, 1.82) is 0 Å². The number of aromatic amines is 1. The van der Waals surface area contributed by atoms with Gasteiger partial charge in [0, 0.05) is 42.5 Å². The van der Waals surface area contributed by atoms with Crippen molar-refractivity contribution in [3.63, 3.8) is 0 Å². The van der Waals surface area contributed by atoms with Gasteiger partial charge in [0.2, 0.25) is 5.56 Å². The number of nitrogens with one attached hydrogen (secondary N) is 2. The molecule has 2 heterocycles. The number of carbonyl (C=O) groups is 1. The summed E-state index contributed by atoms with van der Waals surface area (Å²) in [5.41, 5.74) is 0.356. The van der Waals surface area contributed by atoms with Gasteiger partial charge in [-0.2, -0.15) is 0 Å². The maximum absolute atomic E-state index is 12.1. The molecule has 1 aliphatic rings. The van der Waals surface area contributed by atoms with Crippen molar-refractivity contribution in [1.82, 2.24) is 15.2 Å². The van der Waals surface area contributed by atoms with Gasteiger partial charge in [-0.1, -0.05) is 0 Å². The Labute approximate surface area is 119 Å². The lowest BCUT2D eigenvalue weighted by atomic mass is 9.98. The van der Waals surface area contributed by atoms with Gasteiger partial charge in [0.15, 0.2) is 0 Å². The van der Waals surface area contributed by atoms with Crippen molar-refractivity contribution in [3.05, 3.63) is 34.2 Å². The molecule has 1 fully saturated rings. The van der Waals surface area contributed by atoms with E-state index in [2.05, 4.69) is 36.0 Å². The molecule has 0 aromatic carbocycles. The van der Waals surface area contributed by atoms with Gasteiger partial charge >= 0.3 is 0 Å². The molecule has 2 N–H and O–H groups in total. The van der Waals surface area contributed by atoms with E-state index in [9.17, 15) is 9.59 Å². The van der Waals surface area contributed by atoms with Crippen LogP contribution in [0.5, 0.6) is 0 Å². The van der Waals surface area contributed by atoms with E-state index in [0.29, 0.717) is 5.56 Å². The molecule has 0 saturated carbocycles. The Morgan fingerprint density at radius 1 is 1.35 bits per heavy atom. The lowest BCUT2D eigenvalue weighted by Gasteiger charge is -2.41. The van der Waals surface area contributed by atoms with Crippen LogP contribution in [0.4, 0.5) is 0 Å². The minimum absolute atomic E-state index is 0.162. The minimum Gasteiger partial charge on any atom is -0.349 e. The molecule has 5 nitrogen and oxygen atoms in total. The second kappa shape index (κ2) is 5.79. The molecule has 110 valence electrons. The number of nitrogens with zero attached hydrogens (tertiary/aromatic N) is 1. The Morgan fingerprint density at radius 2 is 2.00 bits per heavy atom. The largest absolute Gasteiger partial charge is 0.349 e.